The molecular formula is C8H16N2O. The molecule has 1 heterocycles. The Hall–Kier alpha value is -0.380. The number of nitrogens with two attached hydrogens (primary N) is 1. The molecule has 0 radical (unpaired) electrons. The molecule has 1 atom stereocenters. The van der Waals surface area contributed by atoms with Crippen molar-refractivity contribution in [3.8, 4) is 0 Å². The number of likely N-dealkylation sites (tertiary alicyclic amines) is 1. The molecule has 3 heteroatoms. The van der Waals surface area contributed by atoms with Crippen molar-refractivity contribution >= 4 is 0 Å². The number of β-amino-alcohol motifs (C(OH)–C–C–N with tert-alkyl or cyclic N) is 1. The van der Waals surface area contributed by atoms with Crippen LogP contribution < -0.4 is 5.73 Å². The Morgan fingerprint density at radius 2 is 2.36 bits per heavy atom. The van der Waals surface area contributed by atoms with Gasteiger partial charge in [-0.15, -0.1) is 0 Å². The molecule has 0 aromatic rings. The van der Waals surface area contributed by atoms with Crippen LogP contribution in [0.3, 0.4) is 0 Å². The van der Waals surface area contributed by atoms with Gasteiger partial charge in [0.05, 0.1) is 6.10 Å². The highest BCUT2D eigenvalue weighted by Gasteiger charge is 2.18. The van der Waals surface area contributed by atoms with Gasteiger partial charge in [-0.3, -0.25) is 4.90 Å². The second kappa shape index (κ2) is 4.49. The van der Waals surface area contributed by atoms with Crippen molar-refractivity contribution in [2.24, 2.45) is 5.73 Å². The lowest BCUT2D eigenvalue weighted by Crippen LogP contribution is -2.22. The minimum atomic E-state index is -0.110. The lowest BCUT2D eigenvalue weighted by Gasteiger charge is -2.10. The number of hydrogen-bond acceptors (Lipinski definition) is 3. The molecule has 3 nitrogen and oxygen atoms in total. The smallest absolute Gasteiger partial charge is 0.0679 e. The standard InChI is InChI=1S/C8H16N2O/c9-4-1-2-5-10-6-3-8(11)7-10/h1-2,8,11H,3-7,9H2/b2-1+/t8-/m1/s1. The Kier molecular flexibility index (Phi) is 3.56. The zero-order chi connectivity index (χ0) is 8.10. The predicted molar refractivity (Wildman–Crippen MR) is 45.3 cm³/mol. The molecule has 3 N–H and O–H groups in total. The first-order valence-electron chi connectivity index (χ1n) is 4.08. The molecule has 11 heavy (non-hydrogen) atoms. The highest BCUT2D eigenvalue weighted by molar-refractivity contribution is 4.88. The average Bonchev–Trinajstić information content (AvgIpc) is 2.37. The third kappa shape index (κ3) is 3.01. The average molecular weight is 156 g/mol. The Labute approximate surface area is 67.5 Å². The number of rotatable bonds is 3. The van der Waals surface area contributed by atoms with E-state index in [0.717, 1.165) is 26.1 Å². The van der Waals surface area contributed by atoms with Gasteiger partial charge in [-0.25, -0.2) is 0 Å². The molecule has 0 bridgehead atoms. The topological polar surface area (TPSA) is 49.5 Å². The van der Waals surface area contributed by atoms with Crippen LogP contribution in [0, 0.1) is 0 Å². The van der Waals surface area contributed by atoms with Gasteiger partial charge >= 0.3 is 0 Å². The maximum absolute atomic E-state index is 9.17. The van der Waals surface area contributed by atoms with Crippen LogP contribution in [0.4, 0.5) is 0 Å². The van der Waals surface area contributed by atoms with Crippen molar-refractivity contribution in [2.45, 2.75) is 12.5 Å². The van der Waals surface area contributed by atoms with Gasteiger partial charge in [0, 0.05) is 26.2 Å². The number of aliphatic hydroxyl groups is 1. The molecule has 0 unspecified atom stereocenters. The van der Waals surface area contributed by atoms with E-state index in [-0.39, 0.29) is 6.10 Å². The molecule has 0 aromatic carbocycles. The third-order valence-electron chi connectivity index (χ3n) is 1.91. The van der Waals surface area contributed by atoms with Crippen molar-refractivity contribution in [1.82, 2.24) is 4.90 Å². The molecule has 0 aliphatic carbocycles. The fraction of sp³-hybridized carbons (Fsp3) is 0.750. The monoisotopic (exact) mass is 156 g/mol. The largest absolute Gasteiger partial charge is 0.392 e. The van der Waals surface area contributed by atoms with Crippen LogP contribution >= 0.6 is 0 Å². The van der Waals surface area contributed by atoms with E-state index < -0.39 is 0 Å². The van der Waals surface area contributed by atoms with Crippen LogP contribution in [0.15, 0.2) is 12.2 Å². The summed E-state index contributed by atoms with van der Waals surface area (Å²) in [5.74, 6) is 0. The van der Waals surface area contributed by atoms with Gasteiger partial charge < -0.3 is 10.8 Å². The van der Waals surface area contributed by atoms with E-state index in [1.165, 1.54) is 0 Å². The van der Waals surface area contributed by atoms with Crippen LogP contribution in [-0.4, -0.2) is 42.3 Å². The second-order valence-electron chi connectivity index (χ2n) is 2.91. The van der Waals surface area contributed by atoms with Crippen molar-refractivity contribution in [3.05, 3.63) is 12.2 Å². The predicted octanol–water partition coefficient (Wildman–Crippen LogP) is -0.432. The first-order chi connectivity index (χ1) is 5.33. The number of nitrogens with zero attached hydrogens (tertiary/aromatic N) is 1. The summed E-state index contributed by atoms with van der Waals surface area (Å²) in [5.41, 5.74) is 5.29. The van der Waals surface area contributed by atoms with E-state index in [2.05, 4.69) is 11.0 Å². The molecule has 0 saturated carbocycles. The van der Waals surface area contributed by atoms with Gasteiger partial charge in [0.15, 0.2) is 0 Å². The normalized spacial score (nSPS) is 26.9. The van der Waals surface area contributed by atoms with E-state index in [1.54, 1.807) is 0 Å². The van der Waals surface area contributed by atoms with Crippen LogP contribution in [-0.2, 0) is 0 Å². The summed E-state index contributed by atoms with van der Waals surface area (Å²) in [6.45, 7) is 3.36. The summed E-state index contributed by atoms with van der Waals surface area (Å²) in [4.78, 5) is 2.22. The van der Waals surface area contributed by atoms with Crippen LogP contribution in [0.5, 0.6) is 0 Å². The Balaban J connectivity index is 2.13. The SMILES string of the molecule is NC/C=C/CN1CC[C@@H](O)C1. The van der Waals surface area contributed by atoms with Crippen molar-refractivity contribution in [2.75, 3.05) is 26.2 Å². The van der Waals surface area contributed by atoms with Crippen molar-refractivity contribution in [1.29, 1.82) is 0 Å². The van der Waals surface area contributed by atoms with Gasteiger partial charge in [-0.1, -0.05) is 12.2 Å². The van der Waals surface area contributed by atoms with Crippen molar-refractivity contribution < 1.29 is 5.11 Å². The highest BCUT2D eigenvalue weighted by Crippen LogP contribution is 2.07. The Morgan fingerprint density at radius 1 is 1.55 bits per heavy atom. The van der Waals surface area contributed by atoms with E-state index in [0.29, 0.717) is 6.54 Å². The number of aliphatic hydroxyl groups excluding tert-OH is 1. The van der Waals surface area contributed by atoms with E-state index >= 15 is 0 Å². The molecule has 1 aliphatic heterocycles. The zero-order valence-electron chi connectivity index (χ0n) is 6.74. The van der Waals surface area contributed by atoms with Gasteiger partial charge in [-0.2, -0.15) is 0 Å². The first kappa shape index (κ1) is 8.71. The lowest BCUT2D eigenvalue weighted by atomic mass is 10.3. The summed E-state index contributed by atoms with van der Waals surface area (Å²) >= 11 is 0. The molecule has 1 aliphatic rings. The lowest BCUT2D eigenvalue weighted by molar-refractivity contribution is 0.179. The molecule has 1 fully saturated rings. The molecular weight excluding hydrogens is 140 g/mol. The van der Waals surface area contributed by atoms with Crippen LogP contribution in [0.1, 0.15) is 6.42 Å². The van der Waals surface area contributed by atoms with Gasteiger partial charge in [0.1, 0.15) is 0 Å². The maximum Gasteiger partial charge on any atom is 0.0679 e. The molecule has 0 aromatic heterocycles. The fourth-order valence-corrected chi connectivity index (χ4v) is 1.30. The minimum absolute atomic E-state index is 0.110. The van der Waals surface area contributed by atoms with Crippen molar-refractivity contribution in [3.63, 3.8) is 0 Å². The van der Waals surface area contributed by atoms with Gasteiger partial charge in [0.25, 0.3) is 0 Å². The number of hydrogen-bond donors (Lipinski definition) is 2. The summed E-state index contributed by atoms with van der Waals surface area (Å²) in [7, 11) is 0. The molecule has 0 amide bonds. The van der Waals surface area contributed by atoms with Gasteiger partial charge in [-0.05, 0) is 6.42 Å². The maximum atomic E-state index is 9.17. The van der Waals surface area contributed by atoms with Gasteiger partial charge in [0.2, 0.25) is 0 Å². The highest BCUT2D eigenvalue weighted by atomic mass is 16.3. The first-order valence-corrected chi connectivity index (χ1v) is 4.08. The minimum Gasteiger partial charge on any atom is -0.392 e. The summed E-state index contributed by atoms with van der Waals surface area (Å²) in [6.07, 6.45) is 4.81. The molecule has 1 saturated heterocycles. The van der Waals surface area contributed by atoms with E-state index in [4.69, 9.17) is 10.8 Å². The summed E-state index contributed by atoms with van der Waals surface area (Å²) in [5, 5.41) is 9.17. The molecule has 0 spiro atoms. The van der Waals surface area contributed by atoms with Crippen LogP contribution in [0.2, 0.25) is 0 Å². The molecule has 64 valence electrons. The Morgan fingerprint density at radius 3 is 2.91 bits per heavy atom. The van der Waals surface area contributed by atoms with E-state index in [1.807, 2.05) is 6.08 Å². The zero-order valence-corrected chi connectivity index (χ0v) is 6.74. The quantitative estimate of drug-likeness (QED) is 0.545. The van der Waals surface area contributed by atoms with E-state index in [9.17, 15) is 0 Å². The third-order valence-corrected chi connectivity index (χ3v) is 1.91. The Bertz CT molecular complexity index is 136. The summed E-state index contributed by atoms with van der Waals surface area (Å²) in [6, 6.07) is 0. The second-order valence-corrected chi connectivity index (χ2v) is 2.91. The van der Waals surface area contributed by atoms with Crippen LogP contribution in [0.25, 0.3) is 0 Å². The summed E-state index contributed by atoms with van der Waals surface area (Å²) < 4.78 is 0. The fourth-order valence-electron chi connectivity index (χ4n) is 1.30. The molecule has 1 rings (SSSR count).